The molecule has 0 spiro atoms. The Morgan fingerprint density at radius 3 is 1.52 bits per heavy atom. The van der Waals surface area contributed by atoms with Crippen LogP contribution in [0.2, 0.25) is 0 Å². The van der Waals surface area contributed by atoms with Crippen molar-refractivity contribution in [3.05, 3.63) is 48.0 Å². The van der Waals surface area contributed by atoms with Gasteiger partial charge < -0.3 is 35.5 Å². The number of esters is 2. The van der Waals surface area contributed by atoms with Gasteiger partial charge in [0.15, 0.2) is 12.2 Å². The predicted octanol–water partition coefficient (Wildman–Crippen LogP) is 0.156. The summed E-state index contributed by atoms with van der Waals surface area (Å²) in [7, 11) is 0. The summed E-state index contributed by atoms with van der Waals surface area (Å²) in [6, 6.07) is 6.26. The van der Waals surface area contributed by atoms with Crippen molar-refractivity contribution < 1.29 is 48.0 Å². The van der Waals surface area contributed by atoms with Crippen molar-refractivity contribution in [3.63, 3.8) is 0 Å². The van der Waals surface area contributed by atoms with Crippen LogP contribution in [0.1, 0.15) is 37.2 Å². The van der Waals surface area contributed by atoms with Crippen LogP contribution < -0.4 is 11.5 Å². The standard InChI is InChI=1S/C18H24N2O8.C3H4O2/c1-11(21)25-6-8-27-15(17(19)23)13-4-3-5-14(10-13)16(18(20)24)28-9-7-26-12(2)22;1-2-3(4)5/h3-5,10,15-16H,6-9H2,1-2H3,(H2,19,23)(H2,20,24);2H,1H2,(H,4,5). The third-order valence-corrected chi connectivity index (χ3v) is 3.55. The lowest BCUT2D eigenvalue weighted by Gasteiger charge is -2.19. The molecule has 0 fully saturated rings. The molecule has 5 N–H and O–H groups in total. The Hall–Kier alpha value is -3.77. The van der Waals surface area contributed by atoms with E-state index in [0.29, 0.717) is 11.1 Å². The molecular weight excluding hydrogens is 440 g/mol. The number of hydrogen-bond donors (Lipinski definition) is 3. The van der Waals surface area contributed by atoms with Gasteiger partial charge in [0.25, 0.3) is 11.8 Å². The molecule has 1 rings (SSSR count). The summed E-state index contributed by atoms with van der Waals surface area (Å²) in [6.45, 7) is 5.29. The van der Waals surface area contributed by atoms with Crippen molar-refractivity contribution in [2.24, 2.45) is 11.5 Å². The molecule has 12 nitrogen and oxygen atoms in total. The van der Waals surface area contributed by atoms with Gasteiger partial charge in [-0.3, -0.25) is 19.2 Å². The van der Waals surface area contributed by atoms with Gasteiger partial charge in [-0.05, 0) is 17.2 Å². The molecular formula is C21H28N2O10. The second-order valence-electron chi connectivity index (χ2n) is 6.20. The first kappa shape index (κ1) is 29.2. The molecule has 0 radical (unpaired) electrons. The summed E-state index contributed by atoms with van der Waals surface area (Å²) < 4.78 is 20.3. The van der Waals surface area contributed by atoms with E-state index in [4.69, 9.17) is 35.5 Å². The van der Waals surface area contributed by atoms with Crippen molar-refractivity contribution in [1.82, 2.24) is 0 Å². The minimum Gasteiger partial charge on any atom is -0.478 e. The summed E-state index contributed by atoms with van der Waals surface area (Å²) in [6.07, 6.45) is -1.41. The zero-order valence-corrected chi connectivity index (χ0v) is 18.4. The number of carbonyl (C=O) groups excluding carboxylic acids is 4. The molecule has 1 aromatic carbocycles. The molecule has 0 aromatic heterocycles. The van der Waals surface area contributed by atoms with E-state index in [-0.39, 0.29) is 26.4 Å². The van der Waals surface area contributed by atoms with E-state index >= 15 is 0 Å². The number of amides is 2. The second-order valence-corrected chi connectivity index (χ2v) is 6.20. The number of aliphatic carboxylic acids is 1. The van der Waals surface area contributed by atoms with Gasteiger partial charge in [0.05, 0.1) is 13.2 Å². The van der Waals surface area contributed by atoms with E-state index in [2.05, 4.69) is 6.58 Å². The lowest BCUT2D eigenvalue weighted by Crippen LogP contribution is -2.27. The van der Waals surface area contributed by atoms with Gasteiger partial charge in [0.1, 0.15) is 13.2 Å². The zero-order valence-electron chi connectivity index (χ0n) is 18.4. The molecule has 0 saturated carbocycles. The Balaban J connectivity index is 0.00000184. The van der Waals surface area contributed by atoms with E-state index in [1.165, 1.54) is 19.9 Å². The van der Waals surface area contributed by atoms with Crippen LogP contribution in [0.3, 0.4) is 0 Å². The third kappa shape index (κ3) is 13.3. The van der Waals surface area contributed by atoms with Crippen LogP contribution >= 0.6 is 0 Å². The summed E-state index contributed by atoms with van der Waals surface area (Å²) in [5.74, 6) is -3.45. The summed E-state index contributed by atoms with van der Waals surface area (Å²) >= 11 is 0. The summed E-state index contributed by atoms with van der Waals surface area (Å²) in [4.78, 5) is 54.3. The van der Waals surface area contributed by atoms with E-state index < -0.39 is 41.9 Å². The number of carboxylic acid groups (broad SMARTS) is 1. The first-order chi connectivity index (χ1) is 15.5. The highest BCUT2D eigenvalue weighted by Crippen LogP contribution is 2.23. The summed E-state index contributed by atoms with van der Waals surface area (Å²) in [5.41, 5.74) is 11.5. The van der Waals surface area contributed by atoms with E-state index in [0.717, 1.165) is 6.08 Å². The van der Waals surface area contributed by atoms with Crippen LogP contribution in [0.25, 0.3) is 0 Å². The van der Waals surface area contributed by atoms with E-state index in [1.54, 1.807) is 18.2 Å². The van der Waals surface area contributed by atoms with Gasteiger partial charge in [-0.2, -0.15) is 0 Å². The number of primary amides is 2. The van der Waals surface area contributed by atoms with Crippen molar-refractivity contribution in [2.45, 2.75) is 26.1 Å². The number of carbonyl (C=O) groups is 5. The Morgan fingerprint density at radius 1 is 0.879 bits per heavy atom. The molecule has 0 bridgehead atoms. The molecule has 182 valence electrons. The minimum absolute atomic E-state index is 0.0397. The number of hydrogen-bond acceptors (Lipinski definition) is 9. The average molecular weight is 468 g/mol. The first-order valence-corrected chi connectivity index (χ1v) is 9.53. The zero-order chi connectivity index (χ0) is 25.4. The van der Waals surface area contributed by atoms with Gasteiger partial charge in [-0.25, -0.2) is 4.79 Å². The molecule has 0 heterocycles. The maximum atomic E-state index is 11.7. The largest absolute Gasteiger partial charge is 0.478 e. The maximum absolute atomic E-state index is 11.7. The van der Waals surface area contributed by atoms with Crippen LogP contribution in [0.15, 0.2) is 36.9 Å². The van der Waals surface area contributed by atoms with Crippen molar-refractivity contribution in [2.75, 3.05) is 26.4 Å². The summed E-state index contributed by atoms with van der Waals surface area (Å²) in [5, 5.41) is 7.60. The van der Waals surface area contributed by atoms with Crippen LogP contribution in [0.4, 0.5) is 0 Å². The molecule has 0 aliphatic carbocycles. The van der Waals surface area contributed by atoms with Gasteiger partial charge in [-0.15, -0.1) is 0 Å². The smallest absolute Gasteiger partial charge is 0.327 e. The Kier molecular flexibility index (Phi) is 14.1. The third-order valence-electron chi connectivity index (χ3n) is 3.55. The highest BCUT2D eigenvalue weighted by molar-refractivity contribution is 5.82. The number of ether oxygens (including phenoxy) is 4. The fourth-order valence-electron chi connectivity index (χ4n) is 2.27. The first-order valence-electron chi connectivity index (χ1n) is 9.53. The average Bonchev–Trinajstić information content (AvgIpc) is 2.73. The molecule has 12 heteroatoms. The molecule has 0 aliphatic heterocycles. The van der Waals surface area contributed by atoms with Crippen molar-refractivity contribution in [1.29, 1.82) is 0 Å². The van der Waals surface area contributed by atoms with E-state index in [9.17, 15) is 24.0 Å². The van der Waals surface area contributed by atoms with Crippen LogP contribution in [0.5, 0.6) is 0 Å². The van der Waals surface area contributed by atoms with E-state index in [1.807, 2.05) is 0 Å². The molecule has 2 unspecified atom stereocenters. The number of benzene rings is 1. The fraction of sp³-hybridized carbons (Fsp3) is 0.381. The molecule has 2 amide bonds. The number of nitrogens with two attached hydrogens (primary N) is 2. The number of rotatable bonds is 13. The molecule has 1 aromatic rings. The van der Waals surface area contributed by atoms with Gasteiger partial charge in [0.2, 0.25) is 0 Å². The van der Waals surface area contributed by atoms with Crippen molar-refractivity contribution in [3.8, 4) is 0 Å². The van der Waals surface area contributed by atoms with Gasteiger partial charge in [0, 0.05) is 19.9 Å². The topological polar surface area (TPSA) is 195 Å². The van der Waals surface area contributed by atoms with Crippen molar-refractivity contribution >= 4 is 29.7 Å². The quantitative estimate of drug-likeness (QED) is 0.204. The fourth-order valence-corrected chi connectivity index (χ4v) is 2.27. The maximum Gasteiger partial charge on any atom is 0.327 e. The molecule has 33 heavy (non-hydrogen) atoms. The predicted molar refractivity (Wildman–Crippen MR) is 113 cm³/mol. The Labute approximate surface area is 190 Å². The SMILES string of the molecule is C=CC(=O)O.CC(=O)OCCOC(C(N)=O)c1cccc(C(OCCOC(C)=O)C(N)=O)c1. The monoisotopic (exact) mass is 468 g/mol. The normalized spacial score (nSPS) is 11.7. The van der Waals surface area contributed by atoms with Crippen LogP contribution in [-0.4, -0.2) is 61.3 Å². The Bertz CT molecular complexity index is 785. The molecule has 2 atom stereocenters. The second kappa shape index (κ2) is 15.9. The minimum atomic E-state index is -1.12. The van der Waals surface area contributed by atoms with Crippen LogP contribution in [-0.2, 0) is 42.9 Å². The lowest BCUT2D eigenvalue weighted by atomic mass is 10.0. The highest BCUT2D eigenvalue weighted by Gasteiger charge is 2.23. The lowest BCUT2D eigenvalue weighted by molar-refractivity contribution is -0.145. The Morgan fingerprint density at radius 2 is 1.24 bits per heavy atom. The van der Waals surface area contributed by atoms with Crippen LogP contribution in [0, 0.1) is 0 Å². The van der Waals surface area contributed by atoms with Gasteiger partial charge in [-0.1, -0.05) is 24.8 Å². The molecule has 0 saturated heterocycles. The number of carboxylic acids is 1. The molecule has 0 aliphatic rings. The highest BCUT2D eigenvalue weighted by atomic mass is 16.6. The van der Waals surface area contributed by atoms with Gasteiger partial charge >= 0.3 is 17.9 Å².